The molecule has 0 bridgehead atoms. The summed E-state index contributed by atoms with van der Waals surface area (Å²) in [7, 11) is 0. The Bertz CT molecular complexity index is 431. The van der Waals surface area contributed by atoms with E-state index in [9.17, 15) is 13.6 Å². The van der Waals surface area contributed by atoms with Crippen molar-refractivity contribution in [3.05, 3.63) is 35.4 Å². The molecule has 2 nitrogen and oxygen atoms in total. The van der Waals surface area contributed by atoms with Gasteiger partial charge < -0.3 is 4.74 Å². The van der Waals surface area contributed by atoms with Gasteiger partial charge in [0.15, 0.2) is 5.78 Å². The first-order valence-corrected chi connectivity index (χ1v) is 5.68. The second kappa shape index (κ2) is 4.92. The normalized spacial score (nSPS) is 23.9. The minimum absolute atomic E-state index is 0.0707. The van der Waals surface area contributed by atoms with Crippen molar-refractivity contribution in [2.75, 3.05) is 0 Å². The van der Waals surface area contributed by atoms with Crippen LogP contribution in [0, 0.1) is 11.6 Å². The van der Waals surface area contributed by atoms with Gasteiger partial charge in [-0.2, -0.15) is 0 Å². The van der Waals surface area contributed by atoms with Gasteiger partial charge in [0.2, 0.25) is 0 Å². The third-order valence-electron chi connectivity index (χ3n) is 2.96. The number of ketones is 1. The minimum Gasteiger partial charge on any atom is -0.367 e. The van der Waals surface area contributed by atoms with E-state index in [1.807, 2.05) is 6.92 Å². The fourth-order valence-corrected chi connectivity index (χ4v) is 2.02. The van der Waals surface area contributed by atoms with Crippen molar-refractivity contribution in [2.45, 2.75) is 38.4 Å². The van der Waals surface area contributed by atoms with Crippen LogP contribution in [0.1, 0.15) is 25.3 Å². The van der Waals surface area contributed by atoms with E-state index in [1.165, 1.54) is 0 Å². The highest BCUT2D eigenvalue weighted by molar-refractivity contribution is 5.85. The Balaban J connectivity index is 2.05. The van der Waals surface area contributed by atoms with Crippen LogP contribution in [0.4, 0.5) is 8.78 Å². The van der Waals surface area contributed by atoms with Gasteiger partial charge in [-0.1, -0.05) is 0 Å². The van der Waals surface area contributed by atoms with Crippen LogP contribution in [0.5, 0.6) is 0 Å². The van der Waals surface area contributed by atoms with E-state index in [1.54, 1.807) is 0 Å². The number of benzene rings is 1. The summed E-state index contributed by atoms with van der Waals surface area (Å²) < 4.78 is 31.7. The average molecular weight is 240 g/mol. The van der Waals surface area contributed by atoms with E-state index in [4.69, 9.17) is 4.74 Å². The molecule has 1 fully saturated rings. The molecule has 92 valence electrons. The molecule has 0 radical (unpaired) electrons. The Morgan fingerprint density at radius 3 is 2.82 bits per heavy atom. The van der Waals surface area contributed by atoms with Crippen LogP contribution in [0.15, 0.2) is 18.2 Å². The molecule has 1 aromatic rings. The molecule has 0 aromatic heterocycles. The number of halogens is 2. The molecule has 2 unspecified atom stereocenters. The Morgan fingerprint density at radius 2 is 2.18 bits per heavy atom. The number of carbonyl (C=O) groups excluding carboxylic acids is 1. The maximum atomic E-state index is 13.3. The van der Waals surface area contributed by atoms with E-state index < -0.39 is 17.7 Å². The molecular weight excluding hydrogens is 226 g/mol. The molecule has 0 aliphatic carbocycles. The van der Waals surface area contributed by atoms with Gasteiger partial charge in [0.05, 0.1) is 6.10 Å². The van der Waals surface area contributed by atoms with Crippen LogP contribution in [-0.2, 0) is 16.0 Å². The SMILES string of the molecule is CC1CCC(C(=O)Cc2cc(F)ccc2F)O1. The zero-order chi connectivity index (χ0) is 12.4. The fourth-order valence-electron chi connectivity index (χ4n) is 2.02. The summed E-state index contributed by atoms with van der Waals surface area (Å²) in [6.45, 7) is 1.90. The van der Waals surface area contributed by atoms with Crippen LogP contribution in [0.2, 0.25) is 0 Å². The van der Waals surface area contributed by atoms with Crippen LogP contribution < -0.4 is 0 Å². The van der Waals surface area contributed by atoms with Crippen molar-refractivity contribution in [3.8, 4) is 0 Å². The molecule has 2 rings (SSSR count). The average Bonchev–Trinajstić information content (AvgIpc) is 2.70. The number of ether oxygens (including phenoxy) is 1. The van der Waals surface area contributed by atoms with E-state index in [-0.39, 0.29) is 23.9 Å². The van der Waals surface area contributed by atoms with Crippen LogP contribution in [0.25, 0.3) is 0 Å². The van der Waals surface area contributed by atoms with Gasteiger partial charge >= 0.3 is 0 Å². The first kappa shape index (κ1) is 12.2. The fraction of sp³-hybridized carbons (Fsp3) is 0.462. The number of rotatable bonds is 3. The molecule has 0 saturated carbocycles. The van der Waals surface area contributed by atoms with E-state index >= 15 is 0 Å². The molecule has 1 aliphatic rings. The predicted octanol–water partition coefficient (Wildman–Crippen LogP) is 2.64. The van der Waals surface area contributed by atoms with Gasteiger partial charge in [-0.25, -0.2) is 8.78 Å². The lowest BCUT2D eigenvalue weighted by Crippen LogP contribution is -2.23. The molecule has 2 atom stereocenters. The Hall–Kier alpha value is -1.29. The standard InChI is InChI=1S/C13H14F2O2/c1-8-2-5-13(17-8)12(16)7-9-6-10(14)3-4-11(9)15/h3-4,6,8,13H,2,5,7H2,1H3. The molecule has 1 saturated heterocycles. The minimum atomic E-state index is -0.550. The highest BCUT2D eigenvalue weighted by Gasteiger charge is 2.28. The highest BCUT2D eigenvalue weighted by Crippen LogP contribution is 2.21. The monoisotopic (exact) mass is 240 g/mol. The van der Waals surface area contributed by atoms with Gasteiger partial charge in [-0.05, 0) is 43.5 Å². The van der Waals surface area contributed by atoms with Gasteiger partial charge in [-0.3, -0.25) is 4.79 Å². The van der Waals surface area contributed by atoms with Crippen LogP contribution in [0.3, 0.4) is 0 Å². The summed E-state index contributed by atoms with van der Waals surface area (Å²) in [5.41, 5.74) is 0.0955. The zero-order valence-electron chi connectivity index (χ0n) is 9.58. The van der Waals surface area contributed by atoms with Crippen molar-refractivity contribution in [1.29, 1.82) is 0 Å². The number of carbonyl (C=O) groups is 1. The van der Waals surface area contributed by atoms with E-state index in [0.717, 1.165) is 24.6 Å². The summed E-state index contributed by atoms with van der Waals surface area (Å²) in [4.78, 5) is 11.8. The molecule has 17 heavy (non-hydrogen) atoms. The quantitative estimate of drug-likeness (QED) is 0.811. The zero-order valence-corrected chi connectivity index (χ0v) is 9.58. The smallest absolute Gasteiger partial charge is 0.166 e. The lowest BCUT2D eigenvalue weighted by atomic mass is 10.0. The van der Waals surface area contributed by atoms with Crippen LogP contribution in [-0.4, -0.2) is 18.0 Å². The van der Waals surface area contributed by atoms with Crippen molar-refractivity contribution in [3.63, 3.8) is 0 Å². The van der Waals surface area contributed by atoms with Crippen molar-refractivity contribution < 1.29 is 18.3 Å². The number of hydrogen-bond acceptors (Lipinski definition) is 2. The lowest BCUT2D eigenvalue weighted by Gasteiger charge is -2.10. The first-order chi connectivity index (χ1) is 8.06. The molecule has 0 spiro atoms. The number of hydrogen-bond donors (Lipinski definition) is 0. The van der Waals surface area contributed by atoms with Gasteiger partial charge in [0, 0.05) is 6.42 Å². The molecule has 0 amide bonds. The number of Topliss-reactive ketones (excluding diaryl/α,β-unsaturated/α-hetero) is 1. The maximum absolute atomic E-state index is 13.3. The van der Waals surface area contributed by atoms with Crippen LogP contribution >= 0.6 is 0 Å². The summed E-state index contributed by atoms with van der Waals surface area (Å²) in [6, 6.07) is 3.14. The lowest BCUT2D eigenvalue weighted by molar-refractivity contribution is -0.128. The Kier molecular flexibility index (Phi) is 3.52. The van der Waals surface area contributed by atoms with Gasteiger partial charge in [0.25, 0.3) is 0 Å². The summed E-state index contributed by atoms with van der Waals surface area (Å²) in [5.74, 6) is -1.26. The molecule has 1 aromatic carbocycles. The first-order valence-electron chi connectivity index (χ1n) is 5.68. The third-order valence-corrected chi connectivity index (χ3v) is 2.96. The van der Waals surface area contributed by atoms with Gasteiger partial charge in [-0.15, -0.1) is 0 Å². The molecule has 4 heteroatoms. The largest absolute Gasteiger partial charge is 0.367 e. The second-order valence-electron chi connectivity index (χ2n) is 4.39. The molecular formula is C13H14F2O2. The van der Waals surface area contributed by atoms with Crippen molar-refractivity contribution in [2.24, 2.45) is 0 Å². The third kappa shape index (κ3) is 2.88. The Labute approximate surface area is 98.6 Å². The molecule has 1 aliphatic heterocycles. The topological polar surface area (TPSA) is 26.3 Å². The molecule has 1 heterocycles. The van der Waals surface area contributed by atoms with E-state index in [0.29, 0.717) is 6.42 Å². The van der Waals surface area contributed by atoms with Crippen molar-refractivity contribution >= 4 is 5.78 Å². The molecule has 0 N–H and O–H groups in total. The second-order valence-corrected chi connectivity index (χ2v) is 4.39. The van der Waals surface area contributed by atoms with E-state index in [2.05, 4.69) is 0 Å². The predicted molar refractivity (Wildman–Crippen MR) is 58.6 cm³/mol. The highest BCUT2D eigenvalue weighted by atomic mass is 19.1. The summed E-state index contributed by atoms with van der Waals surface area (Å²) in [5, 5.41) is 0. The maximum Gasteiger partial charge on any atom is 0.166 e. The van der Waals surface area contributed by atoms with Crippen molar-refractivity contribution in [1.82, 2.24) is 0 Å². The van der Waals surface area contributed by atoms with Gasteiger partial charge in [0.1, 0.15) is 17.7 Å². The summed E-state index contributed by atoms with van der Waals surface area (Å²) >= 11 is 0. The Morgan fingerprint density at radius 1 is 1.41 bits per heavy atom. The summed E-state index contributed by atoms with van der Waals surface area (Å²) in [6.07, 6.45) is 0.994.